The van der Waals surface area contributed by atoms with Gasteiger partial charge in [0.25, 0.3) is 0 Å². The summed E-state index contributed by atoms with van der Waals surface area (Å²) in [6.07, 6.45) is 13.8. The third-order valence-electron chi connectivity index (χ3n) is 5.19. The molecule has 0 radical (unpaired) electrons. The second-order valence-electron chi connectivity index (χ2n) is 7.17. The first kappa shape index (κ1) is 18.7. The lowest BCUT2D eigenvalue weighted by atomic mass is 9.95. The molecule has 2 fully saturated rings. The Kier molecular flexibility index (Phi) is 7.34. The minimum absolute atomic E-state index is 0.00126. The quantitative estimate of drug-likeness (QED) is 0.754. The average Bonchev–Trinajstić information content (AvgIpc) is 2.76. The van der Waals surface area contributed by atoms with Crippen LogP contribution in [-0.4, -0.2) is 43.5 Å². The Morgan fingerprint density at radius 1 is 0.957 bits per heavy atom. The fourth-order valence-electron chi connectivity index (χ4n) is 3.92. The molecule has 0 aromatic rings. The predicted octanol–water partition coefficient (Wildman–Crippen LogP) is 2.81. The number of amides is 1. The van der Waals surface area contributed by atoms with Gasteiger partial charge in [0.15, 0.2) is 0 Å². The zero-order valence-electron chi connectivity index (χ0n) is 14.4. The molecule has 0 saturated heterocycles. The van der Waals surface area contributed by atoms with Crippen LogP contribution >= 0.6 is 0 Å². The van der Waals surface area contributed by atoms with Crippen molar-refractivity contribution in [3.63, 3.8) is 0 Å². The van der Waals surface area contributed by atoms with Gasteiger partial charge >= 0.3 is 0 Å². The van der Waals surface area contributed by atoms with Crippen molar-refractivity contribution in [2.24, 2.45) is 0 Å². The molecule has 0 atom stereocenters. The van der Waals surface area contributed by atoms with Gasteiger partial charge in [-0.15, -0.1) is 0 Å². The topological polar surface area (TPSA) is 66.5 Å². The lowest BCUT2D eigenvalue weighted by Crippen LogP contribution is -2.43. The Morgan fingerprint density at radius 2 is 1.48 bits per heavy atom. The Balaban J connectivity index is 1.83. The van der Waals surface area contributed by atoms with Crippen LogP contribution in [-0.2, 0) is 14.8 Å². The van der Waals surface area contributed by atoms with Gasteiger partial charge in [0.1, 0.15) is 0 Å². The van der Waals surface area contributed by atoms with Crippen LogP contribution in [0, 0.1) is 0 Å². The first-order chi connectivity index (χ1) is 11.0. The van der Waals surface area contributed by atoms with Crippen LogP contribution in [0.1, 0.15) is 77.0 Å². The van der Waals surface area contributed by atoms with E-state index in [0.717, 1.165) is 38.5 Å². The largest absolute Gasteiger partial charge is 0.353 e. The maximum atomic E-state index is 12.2. The number of hydrogen-bond donors (Lipinski definition) is 1. The second-order valence-corrected chi connectivity index (χ2v) is 9.11. The monoisotopic (exact) mass is 344 g/mol. The Labute approximate surface area is 141 Å². The van der Waals surface area contributed by atoms with Crippen LogP contribution in [0.5, 0.6) is 0 Å². The standard InChI is InChI=1S/C17H32N2O3S/c1-23(21,22)19(16-11-7-4-8-12-16)14-13-17(20)18-15-9-5-2-3-6-10-15/h15-16H,2-14H2,1H3,(H,18,20). The number of nitrogens with one attached hydrogen (secondary N) is 1. The summed E-state index contributed by atoms with van der Waals surface area (Å²) in [5.74, 6) is 0.00126. The highest BCUT2D eigenvalue weighted by Gasteiger charge is 2.28. The molecular weight excluding hydrogens is 312 g/mol. The first-order valence-corrected chi connectivity index (χ1v) is 11.1. The molecule has 0 aromatic heterocycles. The van der Waals surface area contributed by atoms with E-state index < -0.39 is 10.0 Å². The van der Waals surface area contributed by atoms with Gasteiger partial charge in [0.05, 0.1) is 6.26 Å². The van der Waals surface area contributed by atoms with E-state index in [9.17, 15) is 13.2 Å². The van der Waals surface area contributed by atoms with Crippen LogP contribution in [0.15, 0.2) is 0 Å². The van der Waals surface area contributed by atoms with Crippen molar-refractivity contribution in [3.05, 3.63) is 0 Å². The summed E-state index contributed by atoms with van der Waals surface area (Å²) in [6.45, 7) is 0.321. The SMILES string of the molecule is CS(=O)(=O)N(CCC(=O)NC1CCCCCC1)C1CCCCC1. The van der Waals surface area contributed by atoms with Crippen LogP contribution < -0.4 is 5.32 Å². The zero-order valence-corrected chi connectivity index (χ0v) is 15.2. The molecule has 2 aliphatic rings. The number of rotatable bonds is 6. The highest BCUT2D eigenvalue weighted by atomic mass is 32.2. The van der Waals surface area contributed by atoms with Crippen molar-refractivity contribution >= 4 is 15.9 Å². The minimum Gasteiger partial charge on any atom is -0.353 e. The number of sulfonamides is 1. The Bertz CT molecular complexity index is 464. The molecule has 1 N–H and O–H groups in total. The lowest BCUT2D eigenvalue weighted by Gasteiger charge is -2.32. The van der Waals surface area contributed by atoms with Crippen LogP contribution in [0.25, 0.3) is 0 Å². The third kappa shape index (κ3) is 6.42. The number of carbonyl (C=O) groups excluding carboxylic acids is 1. The fourth-order valence-corrected chi connectivity index (χ4v) is 5.10. The van der Waals surface area contributed by atoms with Crippen molar-refractivity contribution in [1.82, 2.24) is 9.62 Å². The van der Waals surface area contributed by atoms with Gasteiger partial charge in [-0.2, -0.15) is 4.31 Å². The van der Waals surface area contributed by atoms with Crippen LogP contribution in [0.2, 0.25) is 0 Å². The molecule has 0 heterocycles. The molecule has 6 heteroatoms. The Hall–Kier alpha value is -0.620. The summed E-state index contributed by atoms with van der Waals surface area (Å²) in [4.78, 5) is 12.2. The predicted molar refractivity (Wildman–Crippen MR) is 92.7 cm³/mol. The molecule has 134 valence electrons. The molecule has 2 rings (SSSR count). The maximum Gasteiger partial charge on any atom is 0.221 e. The van der Waals surface area contributed by atoms with E-state index in [1.807, 2.05) is 0 Å². The molecule has 0 aliphatic heterocycles. The van der Waals surface area contributed by atoms with E-state index in [4.69, 9.17) is 0 Å². The molecular formula is C17H32N2O3S. The number of hydrogen-bond acceptors (Lipinski definition) is 3. The van der Waals surface area contributed by atoms with Crippen molar-refractivity contribution < 1.29 is 13.2 Å². The lowest BCUT2D eigenvalue weighted by molar-refractivity contribution is -0.122. The van der Waals surface area contributed by atoms with E-state index in [1.54, 1.807) is 4.31 Å². The number of carbonyl (C=O) groups is 1. The normalized spacial score (nSPS) is 22.0. The van der Waals surface area contributed by atoms with Gasteiger partial charge in [-0.3, -0.25) is 4.79 Å². The van der Waals surface area contributed by atoms with Crippen molar-refractivity contribution in [2.45, 2.75) is 89.1 Å². The summed E-state index contributed by atoms with van der Waals surface area (Å²) in [7, 11) is -3.25. The van der Waals surface area contributed by atoms with E-state index in [0.29, 0.717) is 6.54 Å². The molecule has 2 saturated carbocycles. The molecule has 23 heavy (non-hydrogen) atoms. The molecule has 5 nitrogen and oxygen atoms in total. The summed E-state index contributed by atoms with van der Waals surface area (Å²) < 4.78 is 25.7. The average molecular weight is 345 g/mol. The molecule has 0 bridgehead atoms. The minimum atomic E-state index is -3.25. The van der Waals surface area contributed by atoms with Gasteiger partial charge in [0, 0.05) is 25.0 Å². The van der Waals surface area contributed by atoms with Crippen LogP contribution in [0.4, 0.5) is 0 Å². The Morgan fingerprint density at radius 3 is 2.04 bits per heavy atom. The molecule has 1 amide bonds. The third-order valence-corrected chi connectivity index (χ3v) is 6.52. The van der Waals surface area contributed by atoms with Gasteiger partial charge in [0.2, 0.25) is 15.9 Å². The summed E-state index contributed by atoms with van der Waals surface area (Å²) in [5.41, 5.74) is 0. The summed E-state index contributed by atoms with van der Waals surface area (Å²) in [5, 5.41) is 3.11. The van der Waals surface area contributed by atoms with Crippen LogP contribution in [0.3, 0.4) is 0 Å². The molecule has 2 aliphatic carbocycles. The highest BCUT2D eigenvalue weighted by Crippen LogP contribution is 2.24. The highest BCUT2D eigenvalue weighted by molar-refractivity contribution is 7.88. The van der Waals surface area contributed by atoms with Crippen molar-refractivity contribution in [2.75, 3.05) is 12.8 Å². The molecule has 0 unspecified atom stereocenters. The van der Waals surface area contributed by atoms with Crippen molar-refractivity contribution in [3.8, 4) is 0 Å². The summed E-state index contributed by atoms with van der Waals surface area (Å²) in [6, 6.07) is 0.371. The van der Waals surface area contributed by atoms with Gasteiger partial charge in [-0.05, 0) is 25.7 Å². The fraction of sp³-hybridized carbons (Fsp3) is 0.941. The van der Waals surface area contributed by atoms with Gasteiger partial charge < -0.3 is 5.32 Å². The van der Waals surface area contributed by atoms with E-state index >= 15 is 0 Å². The summed E-state index contributed by atoms with van der Waals surface area (Å²) >= 11 is 0. The van der Waals surface area contributed by atoms with E-state index in [1.165, 1.54) is 38.4 Å². The number of nitrogens with zero attached hydrogens (tertiary/aromatic N) is 1. The van der Waals surface area contributed by atoms with Crippen molar-refractivity contribution in [1.29, 1.82) is 0 Å². The van der Waals surface area contributed by atoms with Gasteiger partial charge in [-0.25, -0.2) is 8.42 Å². The molecule has 0 aromatic carbocycles. The zero-order chi connectivity index (χ0) is 16.7. The first-order valence-electron chi connectivity index (χ1n) is 9.23. The molecule has 0 spiro atoms. The maximum absolute atomic E-state index is 12.2. The smallest absolute Gasteiger partial charge is 0.221 e. The van der Waals surface area contributed by atoms with E-state index in [-0.39, 0.29) is 24.4 Å². The second kappa shape index (κ2) is 9.02. The van der Waals surface area contributed by atoms with E-state index in [2.05, 4.69) is 5.32 Å². The van der Waals surface area contributed by atoms with Gasteiger partial charge in [-0.1, -0.05) is 44.9 Å².